The third-order valence-electron chi connectivity index (χ3n) is 11.6. The molecule has 2 bridgehead atoms. The molecule has 5 aliphatic rings. The van der Waals surface area contributed by atoms with Gasteiger partial charge in [0.2, 0.25) is 0 Å². The number of unbranched alkanes of at least 4 members (excludes halogenated alkanes) is 7. The standard InChI is InChI=1S/C39H55NO4/c1-3-4-5-6-7-8-9-10-11-12-13-14-15-16-17-32(37(41)42)31-21-20-30-26-33-39(43)23-22-28(2)36-38(39,34(30)35(31)44-36)24-25-40(33)27-29-18-19-29/h7-8,10-11,20-21,29,32-33,36,43H,2-6,9,12-19,22-27H2,1H3,(H,41,42)/b8-7-,11-10-/t32?,33?,36-,38-,39+/m0/s1. The second-order valence-corrected chi connectivity index (χ2v) is 14.5. The molecule has 5 nitrogen and oxygen atoms in total. The van der Waals surface area contributed by atoms with Crippen molar-refractivity contribution in [2.45, 2.75) is 145 Å². The van der Waals surface area contributed by atoms with E-state index in [0.29, 0.717) is 12.8 Å². The predicted molar refractivity (Wildman–Crippen MR) is 177 cm³/mol. The predicted octanol–water partition coefficient (Wildman–Crippen LogP) is 8.40. The van der Waals surface area contributed by atoms with Crippen LogP contribution in [0.15, 0.2) is 48.6 Å². The number of carboxylic acid groups (broad SMARTS) is 1. The van der Waals surface area contributed by atoms with Crippen molar-refractivity contribution in [2.24, 2.45) is 5.92 Å². The van der Waals surface area contributed by atoms with Gasteiger partial charge in [-0.05, 0) is 101 Å². The molecule has 1 aromatic carbocycles. The summed E-state index contributed by atoms with van der Waals surface area (Å²) in [5.74, 6) is 0.177. The van der Waals surface area contributed by atoms with Gasteiger partial charge in [0, 0.05) is 23.7 Å². The molecule has 2 unspecified atom stereocenters. The van der Waals surface area contributed by atoms with Gasteiger partial charge >= 0.3 is 5.97 Å². The van der Waals surface area contributed by atoms with Crippen LogP contribution < -0.4 is 4.74 Å². The first-order valence-corrected chi connectivity index (χ1v) is 17.9. The Bertz CT molecular complexity index is 1260. The summed E-state index contributed by atoms with van der Waals surface area (Å²) in [6, 6.07) is 4.31. The van der Waals surface area contributed by atoms with Crippen molar-refractivity contribution in [1.29, 1.82) is 0 Å². The molecule has 240 valence electrons. The zero-order valence-corrected chi connectivity index (χ0v) is 27.1. The van der Waals surface area contributed by atoms with Crippen molar-refractivity contribution >= 4 is 5.97 Å². The number of nitrogens with zero attached hydrogens (tertiary/aromatic N) is 1. The SMILES string of the molecule is C=C1CC[C@@]2(O)C3Cc4ccc(C(CCCCCC/C=C\C/C=C\CCCCC)C(=O)O)c5c4[C@@]2(CCN3CC2CC2)[C@H]1O5. The average Bonchev–Trinajstić information content (AvgIpc) is 3.75. The lowest BCUT2D eigenvalue weighted by Crippen LogP contribution is -2.75. The monoisotopic (exact) mass is 601 g/mol. The van der Waals surface area contributed by atoms with Crippen LogP contribution in [0.25, 0.3) is 0 Å². The van der Waals surface area contributed by atoms with Crippen LogP contribution in [0.2, 0.25) is 0 Å². The number of hydrogen-bond donors (Lipinski definition) is 2. The van der Waals surface area contributed by atoms with Gasteiger partial charge in [0.25, 0.3) is 0 Å². The van der Waals surface area contributed by atoms with E-state index < -0.39 is 22.9 Å². The summed E-state index contributed by atoms with van der Waals surface area (Å²) in [7, 11) is 0. The van der Waals surface area contributed by atoms with Crippen LogP contribution in [0.1, 0.15) is 132 Å². The molecule has 44 heavy (non-hydrogen) atoms. The normalized spacial score (nSPS) is 29.7. The summed E-state index contributed by atoms with van der Waals surface area (Å²) >= 11 is 0. The largest absolute Gasteiger partial charge is 0.484 e. The first-order chi connectivity index (χ1) is 21.4. The number of likely N-dealkylation sites (tertiary alicyclic amines) is 1. The Morgan fingerprint density at radius 2 is 1.82 bits per heavy atom. The molecule has 5 heteroatoms. The topological polar surface area (TPSA) is 70.0 Å². The molecule has 0 radical (unpaired) electrons. The number of piperidine rings is 1. The number of allylic oxidation sites excluding steroid dienone is 4. The van der Waals surface area contributed by atoms with Crippen molar-refractivity contribution < 1.29 is 19.7 Å². The van der Waals surface area contributed by atoms with E-state index in [-0.39, 0.29) is 12.1 Å². The average molecular weight is 602 g/mol. The second-order valence-electron chi connectivity index (χ2n) is 14.5. The third-order valence-corrected chi connectivity index (χ3v) is 11.6. The van der Waals surface area contributed by atoms with E-state index in [9.17, 15) is 15.0 Å². The van der Waals surface area contributed by atoms with Crippen molar-refractivity contribution in [3.8, 4) is 5.75 Å². The van der Waals surface area contributed by atoms with Crippen molar-refractivity contribution in [3.05, 3.63) is 65.3 Å². The maximum Gasteiger partial charge on any atom is 0.311 e. The van der Waals surface area contributed by atoms with E-state index in [1.54, 1.807) is 0 Å². The van der Waals surface area contributed by atoms with Crippen LogP contribution in [0.3, 0.4) is 0 Å². The Balaban J connectivity index is 1.09. The summed E-state index contributed by atoms with van der Waals surface area (Å²) in [5, 5.41) is 23.0. The molecule has 1 spiro atoms. The molecule has 2 aliphatic heterocycles. The molecule has 0 aromatic heterocycles. The number of aliphatic carboxylic acids is 1. The maximum atomic E-state index is 12.7. The Morgan fingerprint density at radius 1 is 1.07 bits per heavy atom. The van der Waals surface area contributed by atoms with Crippen LogP contribution in [-0.4, -0.2) is 51.9 Å². The minimum absolute atomic E-state index is 0.0949. The summed E-state index contributed by atoms with van der Waals surface area (Å²) in [4.78, 5) is 15.3. The first-order valence-electron chi connectivity index (χ1n) is 17.9. The number of ether oxygens (including phenoxy) is 1. The molecule has 5 atom stereocenters. The van der Waals surface area contributed by atoms with Crippen LogP contribution in [0.5, 0.6) is 5.75 Å². The Kier molecular flexibility index (Phi) is 9.73. The lowest BCUT2D eigenvalue weighted by atomic mass is 9.48. The number of rotatable bonds is 17. The number of benzene rings is 1. The van der Waals surface area contributed by atoms with Gasteiger partial charge in [0.05, 0.1) is 16.9 Å². The molecule has 3 aliphatic carbocycles. The Labute approximate surface area is 265 Å². The molecule has 1 saturated heterocycles. The molecule has 2 heterocycles. The van der Waals surface area contributed by atoms with Crippen LogP contribution >= 0.6 is 0 Å². The van der Waals surface area contributed by atoms with E-state index in [1.807, 2.05) is 6.07 Å². The number of carbonyl (C=O) groups is 1. The number of aliphatic hydroxyl groups is 1. The quantitative estimate of drug-likeness (QED) is 0.139. The molecule has 2 N–H and O–H groups in total. The highest BCUT2D eigenvalue weighted by Gasteiger charge is 2.71. The van der Waals surface area contributed by atoms with E-state index in [4.69, 9.17) is 4.74 Å². The minimum atomic E-state index is -0.860. The molecule has 2 saturated carbocycles. The van der Waals surface area contributed by atoms with Gasteiger partial charge in [-0.25, -0.2) is 0 Å². The highest BCUT2D eigenvalue weighted by Crippen LogP contribution is 2.66. The number of hydrogen-bond acceptors (Lipinski definition) is 4. The van der Waals surface area contributed by atoms with E-state index in [1.165, 1.54) is 44.1 Å². The lowest BCUT2D eigenvalue weighted by Gasteiger charge is -2.63. The highest BCUT2D eigenvalue weighted by atomic mass is 16.5. The van der Waals surface area contributed by atoms with E-state index in [0.717, 1.165) is 99.2 Å². The molecular formula is C39H55NO4. The fourth-order valence-corrected chi connectivity index (χ4v) is 9.10. The van der Waals surface area contributed by atoms with Crippen molar-refractivity contribution in [1.82, 2.24) is 4.90 Å². The minimum Gasteiger partial charge on any atom is -0.484 e. The summed E-state index contributed by atoms with van der Waals surface area (Å²) in [6.45, 7) is 8.73. The smallest absolute Gasteiger partial charge is 0.311 e. The van der Waals surface area contributed by atoms with Gasteiger partial charge in [-0.15, -0.1) is 0 Å². The van der Waals surface area contributed by atoms with Crippen LogP contribution in [0, 0.1) is 5.92 Å². The van der Waals surface area contributed by atoms with Gasteiger partial charge in [0.15, 0.2) is 0 Å². The van der Waals surface area contributed by atoms with Gasteiger partial charge in [0.1, 0.15) is 11.9 Å². The van der Waals surface area contributed by atoms with Gasteiger partial charge < -0.3 is 14.9 Å². The maximum absolute atomic E-state index is 12.7. The van der Waals surface area contributed by atoms with Gasteiger partial charge in [-0.2, -0.15) is 0 Å². The molecule has 1 aromatic rings. The first kappa shape index (κ1) is 31.6. The Morgan fingerprint density at radius 3 is 2.55 bits per heavy atom. The number of carboxylic acids is 1. The van der Waals surface area contributed by atoms with E-state index in [2.05, 4.69) is 48.8 Å². The van der Waals surface area contributed by atoms with Crippen LogP contribution in [-0.2, 0) is 16.6 Å². The second kappa shape index (κ2) is 13.5. The molecular weight excluding hydrogens is 546 g/mol. The Hall–Kier alpha value is -2.37. The van der Waals surface area contributed by atoms with Gasteiger partial charge in [-0.1, -0.05) is 82.0 Å². The van der Waals surface area contributed by atoms with Crippen LogP contribution in [0.4, 0.5) is 0 Å². The zero-order chi connectivity index (χ0) is 30.7. The fourth-order valence-electron chi connectivity index (χ4n) is 9.10. The zero-order valence-electron chi connectivity index (χ0n) is 27.1. The summed E-state index contributed by atoms with van der Waals surface area (Å²) < 4.78 is 6.82. The highest BCUT2D eigenvalue weighted by molar-refractivity contribution is 5.79. The lowest BCUT2D eigenvalue weighted by molar-refractivity contribution is -0.174. The summed E-state index contributed by atoms with van der Waals surface area (Å²) in [6.07, 6.45) is 26.6. The summed E-state index contributed by atoms with van der Waals surface area (Å²) in [5.41, 5.74) is 2.87. The third kappa shape index (κ3) is 5.84. The van der Waals surface area contributed by atoms with Gasteiger partial charge in [-0.3, -0.25) is 9.69 Å². The molecule has 3 fully saturated rings. The fraction of sp³-hybridized carbons (Fsp3) is 0.667. The van der Waals surface area contributed by atoms with E-state index >= 15 is 0 Å². The van der Waals surface area contributed by atoms with Crippen molar-refractivity contribution in [2.75, 3.05) is 13.1 Å². The molecule has 6 rings (SSSR count). The molecule has 0 amide bonds. The van der Waals surface area contributed by atoms with Crippen molar-refractivity contribution in [3.63, 3.8) is 0 Å².